The summed E-state index contributed by atoms with van der Waals surface area (Å²) in [6, 6.07) is 0. The Morgan fingerprint density at radius 1 is 0.559 bits per heavy atom. The van der Waals surface area contributed by atoms with Crippen LogP contribution in [0.1, 0.15) is 168 Å². The predicted octanol–water partition coefficient (Wildman–Crippen LogP) is 10.1. The Morgan fingerprint density at radius 2 is 0.853 bits per heavy atom. The average molecular weight is 483 g/mol. The van der Waals surface area contributed by atoms with Gasteiger partial charge in [0.15, 0.2) is 0 Å². The third-order valence-corrected chi connectivity index (χ3v) is 6.42. The lowest BCUT2D eigenvalue weighted by Crippen LogP contribution is -2.01. The molecular formula is C31H62O3. The zero-order chi connectivity index (χ0) is 25.4. The van der Waals surface area contributed by atoms with Gasteiger partial charge >= 0.3 is 5.97 Å². The molecular weight excluding hydrogens is 420 g/mol. The van der Waals surface area contributed by atoms with Crippen molar-refractivity contribution in [3.05, 3.63) is 12.7 Å². The Balaban J connectivity index is 0. The van der Waals surface area contributed by atoms with Crippen molar-refractivity contribution >= 4 is 5.97 Å². The lowest BCUT2D eigenvalue weighted by Gasteiger charge is -2.03. The van der Waals surface area contributed by atoms with Crippen LogP contribution in [0.25, 0.3) is 0 Å². The van der Waals surface area contributed by atoms with Gasteiger partial charge in [0.1, 0.15) is 0 Å². The Labute approximate surface area is 214 Å². The van der Waals surface area contributed by atoms with E-state index in [2.05, 4.69) is 20.4 Å². The van der Waals surface area contributed by atoms with Gasteiger partial charge in [-0.3, -0.25) is 0 Å². The van der Waals surface area contributed by atoms with Gasteiger partial charge in [0.05, 0.1) is 6.61 Å². The second-order valence-electron chi connectivity index (χ2n) is 9.87. The van der Waals surface area contributed by atoms with E-state index in [9.17, 15) is 4.79 Å². The van der Waals surface area contributed by atoms with Crippen molar-refractivity contribution in [1.29, 1.82) is 0 Å². The van der Waals surface area contributed by atoms with Crippen LogP contribution in [0.5, 0.6) is 0 Å². The summed E-state index contributed by atoms with van der Waals surface area (Å²) in [5.74, 6) is -0.303. The number of hydrogen-bond acceptors (Lipinski definition) is 3. The SMILES string of the molecule is C=CC(=O)OCCCCCCCCCCCCCC.CCCCCCCCCCCCCCO. The van der Waals surface area contributed by atoms with E-state index in [1.54, 1.807) is 0 Å². The molecule has 0 aromatic heterocycles. The molecule has 0 rings (SSSR count). The van der Waals surface area contributed by atoms with Crippen molar-refractivity contribution in [2.75, 3.05) is 13.2 Å². The van der Waals surface area contributed by atoms with Crippen LogP contribution in [-0.2, 0) is 9.53 Å². The Hall–Kier alpha value is -0.830. The van der Waals surface area contributed by atoms with Gasteiger partial charge in [0.25, 0.3) is 0 Å². The van der Waals surface area contributed by atoms with Gasteiger partial charge in [-0.25, -0.2) is 4.79 Å². The molecule has 0 bridgehead atoms. The van der Waals surface area contributed by atoms with Gasteiger partial charge in [-0.2, -0.15) is 0 Å². The van der Waals surface area contributed by atoms with Gasteiger partial charge in [-0.1, -0.05) is 162 Å². The van der Waals surface area contributed by atoms with Crippen LogP contribution >= 0.6 is 0 Å². The molecule has 1 N–H and O–H groups in total. The maximum atomic E-state index is 10.8. The summed E-state index contributed by atoms with van der Waals surface area (Å²) in [6.07, 6.45) is 33.3. The molecule has 0 amide bonds. The van der Waals surface area contributed by atoms with Crippen LogP contribution in [0, 0.1) is 0 Å². The van der Waals surface area contributed by atoms with Crippen LogP contribution in [0.2, 0.25) is 0 Å². The standard InChI is InChI=1S/C17H32O2.C14H30O/c1-3-5-6-7-8-9-10-11-12-13-14-15-16-19-17(18)4-2;1-2-3-4-5-6-7-8-9-10-11-12-13-14-15/h4H,2-3,5-16H2,1H3;15H,2-14H2,1H3. The minimum atomic E-state index is -0.303. The average Bonchev–Trinajstić information content (AvgIpc) is 2.85. The largest absolute Gasteiger partial charge is 0.463 e. The molecule has 0 saturated carbocycles. The molecule has 0 unspecified atom stereocenters. The fraction of sp³-hybridized carbons (Fsp3) is 0.903. The molecule has 0 aromatic rings. The van der Waals surface area contributed by atoms with E-state index in [1.165, 1.54) is 147 Å². The second kappa shape index (κ2) is 34.3. The predicted molar refractivity (Wildman–Crippen MR) is 150 cm³/mol. The summed E-state index contributed by atoms with van der Waals surface area (Å²) in [4.78, 5) is 10.8. The Morgan fingerprint density at radius 3 is 1.15 bits per heavy atom. The first-order chi connectivity index (χ1) is 16.7. The molecule has 0 radical (unpaired) electrons. The second-order valence-corrected chi connectivity index (χ2v) is 9.87. The number of esters is 1. The molecule has 0 aromatic carbocycles. The quantitative estimate of drug-likeness (QED) is 0.0757. The minimum absolute atomic E-state index is 0.303. The lowest BCUT2D eigenvalue weighted by molar-refractivity contribution is -0.137. The molecule has 0 aliphatic carbocycles. The van der Waals surface area contributed by atoms with E-state index >= 15 is 0 Å². The zero-order valence-corrected chi connectivity index (χ0v) is 23.4. The molecule has 0 aliphatic heterocycles. The van der Waals surface area contributed by atoms with E-state index in [4.69, 9.17) is 9.84 Å². The summed E-state index contributed by atoms with van der Waals surface area (Å²) in [6.45, 7) is 8.82. The molecule has 0 fully saturated rings. The number of ether oxygens (including phenoxy) is 1. The van der Waals surface area contributed by atoms with Crippen molar-refractivity contribution in [2.24, 2.45) is 0 Å². The highest BCUT2D eigenvalue weighted by Crippen LogP contribution is 2.13. The number of unbranched alkanes of at least 4 members (excludes halogenated alkanes) is 22. The van der Waals surface area contributed by atoms with E-state index in [1.807, 2.05) is 0 Å². The van der Waals surface area contributed by atoms with Crippen LogP contribution < -0.4 is 0 Å². The third-order valence-electron chi connectivity index (χ3n) is 6.42. The topological polar surface area (TPSA) is 46.5 Å². The number of aliphatic hydroxyl groups is 1. The first kappa shape index (κ1) is 35.3. The molecule has 0 heterocycles. The smallest absolute Gasteiger partial charge is 0.330 e. The van der Waals surface area contributed by atoms with Crippen molar-refractivity contribution in [3.8, 4) is 0 Å². The van der Waals surface area contributed by atoms with Crippen LogP contribution in [0.15, 0.2) is 12.7 Å². The van der Waals surface area contributed by atoms with Gasteiger partial charge in [0, 0.05) is 12.7 Å². The number of aliphatic hydroxyl groups excluding tert-OH is 1. The van der Waals surface area contributed by atoms with Crippen molar-refractivity contribution in [2.45, 2.75) is 168 Å². The van der Waals surface area contributed by atoms with Crippen LogP contribution in [0.3, 0.4) is 0 Å². The van der Waals surface area contributed by atoms with E-state index in [0.29, 0.717) is 13.2 Å². The van der Waals surface area contributed by atoms with Crippen LogP contribution in [-0.4, -0.2) is 24.3 Å². The van der Waals surface area contributed by atoms with Gasteiger partial charge in [-0.05, 0) is 12.8 Å². The highest BCUT2D eigenvalue weighted by atomic mass is 16.5. The first-order valence-electron chi connectivity index (χ1n) is 15.1. The van der Waals surface area contributed by atoms with E-state index < -0.39 is 0 Å². The molecule has 0 atom stereocenters. The normalized spacial score (nSPS) is 10.6. The highest BCUT2D eigenvalue weighted by Gasteiger charge is 1.96. The summed E-state index contributed by atoms with van der Waals surface area (Å²) < 4.78 is 4.93. The molecule has 0 aliphatic rings. The first-order valence-corrected chi connectivity index (χ1v) is 15.1. The maximum Gasteiger partial charge on any atom is 0.330 e. The summed E-state index contributed by atoms with van der Waals surface area (Å²) in [5.41, 5.74) is 0. The zero-order valence-electron chi connectivity index (χ0n) is 23.4. The molecule has 204 valence electrons. The van der Waals surface area contributed by atoms with Crippen molar-refractivity contribution in [3.63, 3.8) is 0 Å². The molecule has 0 spiro atoms. The Kier molecular flexibility index (Phi) is 35.7. The Bertz CT molecular complexity index is 369. The summed E-state index contributed by atoms with van der Waals surface area (Å²) >= 11 is 0. The van der Waals surface area contributed by atoms with E-state index in [0.717, 1.165) is 12.8 Å². The monoisotopic (exact) mass is 482 g/mol. The number of carbonyl (C=O) groups excluding carboxylic acids is 1. The molecule has 3 nitrogen and oxygen atoms in total. The fourth-order valence-corrected chi connectivity index (χ4v) is 4.13. The lowest BCUT2D eigenvalue weighted by atomic mass is 10.1. The van der Waals surface area contributed by atoms with E-state index in [-0.39, 0.29) is 5.97 Å². The van der Waals surface area contributed by atoms with Crippen molar-refractivity contribution < 1.29 is 14.6 Å². The highest BCUT2D eigenvalue weighted by molar-refractivity contribution is 5.81. The minimum Gasteiger partial charge on any atom is -0.463 e. The number of hydrogen-bond donors (Lipinski definition) is 1. The molecule has 0 saturated heterocycles. The fourth-order valence-electron chi connectivity index (χ4n) is 4.13. The van der Waals surface area contributed by atoms with Crippen LogP contribution in [0.4, 0.5) is 0 Å². The van der Waals surface area contributed by atoms with Gasteiger partial charge in [-0.15, -0.1) is 0 Å². The summed E-state index contributed by atoms with van der Waals surface area (Å²) in [5, 5.41) is 8.61. The number of carbonyl (C=O) groups is 1. The van der Waals surface area contributed by atoms with Gasteiger partial charge in [0.2, 0.25) is 0 Å². The third kappa shape index (κ3) is 35.8. The molecule has 3 heteroatoms. The molecule has 34 heavy (non-hydrogen) atoms. The van der Waals surface area contributed by atoms with Gasteiger partial charge < -0.3 is 9.84 Å². The van der Waals surface area contributed by atoms with Crippen molar-refractivity contribution in [1.82, 2.24) is 0 Å². The maximum absolute atomic E-state index is 10.8. The number of rotatable bonds is 26. The summed E-state index contributed by atoms with van der Waals surface area (Å²) in [7, 11) is 0.